The molecule has 3 rings (SSSR count). The molecule has 2 fully saturated rings. The molecule has 1 aromatic rings. The Kier molecular flexibility index (Phi) is 4.02. The first-order chi connectivity index (χ1) is 8.83. The summed E-state index contributed by atoms with van der Waals surface area (Å²) in [5.74, 6) is 2.68. The standard InChI is InChI=1S/C14H19ClN2S/c15-12-1-3-13(4-2-12)16-6-8-17(9-7-16)14-5-10-18-11-14/h1-4,14H,5-11H2/t14-/m0/s1. The lowest BCUT2D eigenvalue weighted by molar-refractivity contribution is 0.201. The highest BCUT2D eigenvalue weighted by Crippen LogP contribution is 2.25. The van der Waals surface area contributed by atoms with Crippen molar-refractivity contribution in [3.8, 4) is 0 Å². The molecular formula is C14H19ClN2S. The van der Waals surface area contributed by atoms with Crippen molar-refractivity contribution < 1.29 is 0 Å². The zero-order valence-electron chi connectivity index (χ0n) is 10.5. The van der Waals surface area contributed by atoms with Gasteiger partial charge in [0.05, 0.1) is 0 Å². The van der Waals surface area contributed by atoms with Crippen LogP contribution in [0.2, 0.25) is 5.02 Å². The molecule has 2 nitrogen and oxygen atoms in total. The number of hydrogen-bond acceptors (Lipinski definition) is 3. The van der Waals surface area contributed by atoms with E-state index in [1.54, 1.807) is 0 Å². The molecule has 2 aliphatic rings. The van der Waals surface area contributed by atoms with Crippen LogP contribution in [0, 0.1) is 0 Å². The monoisotopic (exact) mass is 282 g/mol. The number of benzene rings is 1. The van der Waals surface area contributed by atoms with Gasteiger partial charge in [0, 0.05) is 48.7 Å². The molecule has 0 radical (unpaired) electrons. The van der Waals surface area contributed by atoms with E-state index in [2.05, 4.69) is 33.7 Å². The minimum Gasteiger partial charge on any atom is -0.369 e. The molecule has 0 aliphatic carbocycles. The average molecular weight is 283 g/mol. The van der Waals surface area contributed by atoms with Gasteiger partial charge in [-0.25, -0.2) is 0 Å². The Hall–Kier alpha value is -0.380. The summed E-state index contributed by atoms with van der Waals surface area (Å²) in [5, 5.41) is 0.820. The highest BCUT2D eigenvalue weighted by Gasteiger charge is 2.26. The maximum atomic E-state index is 5.93. The van der Waals surface area contributed by atoms with Crippen LogP contribution in [0.5, 0.6) is 0 Å². The van der Waals surface area contributed by atoms with Crippen LogP contribution in [0.15, 0.2) is 24.3 Å². The summed E-state index contributed by atoms with van der Waals surface area (Å²) in [6, 6.07) is 9.06. The largest absolute Gasteiger partial charge is 0.369 e. The molecule has 0 saturated carbocycles. The van der Waals surface area contributed by atoms with Crippen LogP contribution in [0.3, 0.4) is 0 Å². The van der Waals surface area contributed by atoms with Gasteiger partial charge in [0.1, 0.15) is 0 Å². The normalized spacial score (nSPS) is 25.6. The summed E-state index contributed by atoms with van der Waals surface area (Å²) in [5.41, 5.74) is 1.31. The molecule has 4 heteroatoms. The van der Waals surface area contributed by atoms with Gasteiger partial charge in [-0.05, 0) is 36.4 Å². The maximum absolute atomic E-state index is 5.93. The summed E-state index contributed by atoms with van der Waals surface area (Å²) in [4.78, 5) is 5.14. The molecule has 0 amide bonds. The van der Waals surface area contributed by atoms with Crippen molar-refractivity contribution >= 4 is 29.1 Å². The van der Waals surface area contributed by atoms with Gasteiger partial charge in [-0.1, -0.05) is 11.6 Å². The van der Waals surface area contributed by atoms with E-state index in [0.717, 1.165) is 24.2 Å². The first kappa shape index (κ1) is 12.6. The number of rotatable bonds is 2. The van der Waals surface area contributed by atoms with Crippen molar-refractivity contribution in [2.45, 2.75) is 12.5 Å². The third-order valence-corrected chi connectivity index (χ3v) is 5.32. The Balaban J connectivity index is 1.57. The maximum Gasteiger partial charge on any atom is 0.0407 e. The molecule has 2 aliphatic heterocycles. The zero-order chi connectivity index (χ0) is 12.4. The summed E-state index contributed by atoms with van der Waals surface area (Å²) >= 11 is 8.04. The van der Waals surface area contributed by atoms with Crippen LogP contribution in [-0.2, 0) is 0 Å². The van der Waals surface area contributed by atoms with E-state index in [0.29, 0.717) is 0 Å². The van der Waals surface area contributed by atoms with Gasteiger partial charge in [-0.15, -0.1) is 0 Å². The smallest absolute Gasteiger partial charge is 0.0407 e. The van der Waals surface area contributed by atoms with Crippen LogP contribution in [0.25, 0.3) is 0 Å². The Bertz CT molecular complexity index is 381. The molecule has 2 heterocycles. The first-order valence-electron chi connectivity index (χ1n) is 6.65. The topological polar surface area (TPSA) is 6.48 Å². The lowest BCUT2D eigenvalue weighted by atomic mass is 10.2. The minimum absolute atomic E-state index is 0.820. The molecule has 98 valence electrons. The fourth-order valence-corrected chi connectivity index (χ4v) is 4.19. The quantitative estimate of drug-likeness (QED) is 0.823. The van der Waals surface area contributed by atoms with E-state index >= 15 is 0 Å². The van der Waals surface area contributed by atoms with E-state index in [1.165, 1.54) is 36.7 Å². The molecular weight excluding hydrogens is 264 g/mol. The predicted molar refractivity (Wildman–Crippen MR) is 81.0 cm³/mol. The Morgan fingerprint density at radius 3 is 2.39 bits per heavy atom. The molecule has 0 bridgehead atoms. The van der Waals surface area contributed by atoms with Crippen LogP contribution >= 0.6 is 23.4 Å². The van der Waals surface area contributed by atoms with E-state index < -0.39 is 0 Å². The summed E-state index contributed by atoms with van der Waals surface area (Å²) in [6.45, 7) is 4.69. The third kappa shape index (κ3) is 2.79. The second-order valence-electron chi connectivity index (χ2n) is 5.02. The van der Waals surface area contributed by atoms with Gasteiger partial charge in [0.25, 0.3) is 0 Å². The minimum atomic E-state index is 0.820. The predicted octanol–water partition coefficient (Wildman–Crippen LogP) is 2.97. The number of hydrogen-bond donors (Lipinski definition) is 0. The fourth-order valence-electron chi connectivity index (χ4n) is 2.81. The number of nitrogens with zero attached hydrogens (tertiary/aromatic N) is 2. The number of thioether (sulfide) groups is 1. The van der Waals surface area contributed by atoms with Crippen LogP contribution in [-0.4, -0.2) is 48.6 Å². The summed E-state index contributed by atoms with van der Waals surface area (Å²) < 4.78 is 0. The molecule has 0 N–H and O–H groups in total. The van der Waals surface area contributed by atoms with Crippen molar-refractivity contribution in [2.24, 2.45) is 0 Å². The number of piperazine rings is 1. The first-order valence-corrected chi connectivity index (χ1v) is 8.18. The van der Waals surface area contributed by atoms with Crippen molar-refractivity contribution in [2.75, 3.05) is 42.6 Å². The third-order valence-electron chi connectivity index (χ3n) is 3.93. The highest BCUT2D eigenvalue weighted by molar-refractivity contribution is 7.99. The van der Waals surface area contributed by atoms with Crippen LogP contribution < -0.4 is 4.90 Å². The Morgan fingerprint density at radius 2 is 1.78 bits per heavy atom. The van der Waals surface area contributed by atoms with Crippen LogP contribution in [0.1, 0.15) is 6.42 Å². The average Bonchev–Trinajstić information content (AvgIpc) is 2.94. The van der Waals surface area contributed by atoms with Crippen LogP contribution in [0.4, 0.5) is 5.69 Å². The summed E-state index contributed by atoms with van der Waals surface area (Å²) in [6.07, 6.45) is 1.38. The van der Waals surface area contributed by atoms with E-state index in [-0.39, 0.29) is 0 Å². The van der Waals surface area contributed by atoms with Crippen molar-refractivity contribution in [3.05, 3.63) is 29.3 Å². The van der Waals surface area contributed by atoms with E-state index in [9.17, 15) is 0 Å². The second kappa shape index (κ2) is 5.72. The molecule has 1 aromatic carbocycles. The fraction of sp³-hybridized carbons (Fsp3) is 0.571. The van der Waals surface area contributed by atoms with Crippen molar-refractivity contribution in [3.63, 3.8) is 0 Å². The molecule has 0 aromatic heterocycles. The van der Waals surface area contributed by atoms with Gasteiger partial charge >= 0.3 is 0 Å². The molecule has 18 heavy (non-hydrogen) atoms. The van der Waals surface area contributed by atoms with Crippen molar-refractivity contribution in [1.82, 2.24) is 4.90 Å². The SMILES string of the molecule is Clc1ccc(N2CCN([C@H]3CCSC3)CC2)cc1. The summed E-state index contributed by atoms with van der Waals surface area (Å²) in [7, 11) is 0. The second-order valence-corrected chi connectivity index (χ2v) is 6.60. The molecule has 1 atom stereocenters. The molecule has 2 saturated heterocycles. The molecule has 0 unspecified atom stereocenters. The van der Waals surface area contributed by atoms with Gasteiger partial charge in [0.2, 0.25) is 0 Å². The lowest BCUT2D eigenvalue weighted by Crippen LogP contribution is -2.50. The van der Waals surface area contributed by atoms with Gasteiger partial charge in [-0.3, -0.25) is 4.90 Å². The number of anilines is 1. The molecule has 0 spiro atoms. The van der Waals surface area contributed by atoms with Gasteiger partial charge < -0.3 is 4.90 Å². The van der Waals surface area contributed by atoms with E-state index in [1.807, 2.05) is 12.1 Å². The zero-order valence-corrected chi connectivity index (χ0v) is 12.1. The van der Waals surface area contributed by atoms with Gasteiger partial charge in [0.15, 0.2) is 0 Å². The van der Waals surface area contributed by atoms with Crippen molar-refractivity contribution in [1.29, 1.82) is 0 Å². The number of halogens is 1. The Morgan fingerprint density at radius 1 is 1.06 bits per heavy atom. The van der Waals surface area contributed by atoms with Gasteiger partial charge in [-0.2, -0.15) is 11.8 Å². The lowest BCUT2D eigenvalue weighted by Gasteiger charge is -2.39. The van der Waals surface area contributed by atoms with E-state index in [4.69, 9.17) is 11.6 Å². The highest BCUT2D eigenvalue weighted by atomic mass is 35.5. The Labute approximate surface area is 118 Å².